The highest BCUT2D eigenvalue weighted by Crippen LogP contribution is 2.50. The van der Waals surface area contributed by atoms with Crippen molar-refractivity contribution >= 4 is 46.2 Å². The van der Waals surface area contributed by atoms with Gasteiger partial charge in [0.2, 0.25) is 11.8 Å². The zero-order chi connectivity index (χ0) is 27.7. The standard InChI is InChI=1S/C31H34INO6/c1-4-18(12-19-13-24(32)29(34)26(14-19)38-3)10-11-25-27-20(16-37-2)15-22-28(23(27)17-39-25)31(36)33(30(22)35)21-8-6-5-7-9-21/h5-9,12-14,22-23,25,28,34H,4,10-11,15-17H2,1-3H3/b18-12+/t22-,23+,25-,28-/m1/s1. The molecule has 0 saturated carbocycles. The van der Waals surface area contributed by atoms with Crippen LogP contribution >= 0.6 is 22.6 Å². The molecule has 0 spiro atoms. The summed E-state index contributed by atoms with van der Waals surface area (Å²) in [6.07, 6.45) is 5.06. The van der Waals surface area contributed by atoms with E-state index < -0.39 is 5.92 Å². The first-order valence-electron chi connectivity index (χ1n) is 13.4. The molecule has 1 N–H and O–H groups in total. The summed E-state index contributed by atoms with van der Waals surface area (Å²) in [6.45, 7) is 3.01. The van der Waals surface area contributed by atoms with Crippen molar-refractivity contribution in [2.75, 3.05) is 32.3 Å². The molecule has 2 amide bonds. The van der Waals surface area contributed by atoms with Gasteiger partial charge in [-0.2, -0.15) is 0 Å². The highest BCUT2D eigenvalue weighted by Gasteiger charge is 2.57. The summed E-state index contributed by atoms with van der Waals surface area (Å²) in [5.41, 5.74) is 5.13. The number of allylic oxidation sites excluding steroid dienone is 1. The van der Waals surface area contributed by atoms with E-state index in [2.05, 4.69) is 35.6 Å². The molecule has 5 rings (SSSR count). The van der Waals surface area contributed by atoms with Crippen LogP contribution in [0.5, 0.6) is 11.5 Å². The van der Waals surface area contributed by atoms with Gasteiger partial charge in [-0.15, -0.1) is 0 Å². The largest absolute Gasteiger partial charge is 0.504 e. The lowest BCUT2D eigenvalue weighted by Crippen LogP contribution is -2.35. The number of amides is 2. The molecule has 0 radical (unpaired) electrons. The van der Waals surface area contributed by atoms with Crippen molar-refractivity contribution in [2.45, 2.75) is 38.7 Å². The van der Waals surface area contributed by atoms with Gasteiger partial charge in [-0.05, 0) is 89.2 Å². The maximum absolute atomic E-state index is 13.6. The van der Waals surface area contributed by atoms with E-state index in [0.29, 0.717) is 31.1 Å². The number of imide groups is 1. The molecule has 7 nitrogen and oxygen atoms in total. The van der Waals surface area contributed by atoms with Gasteiger partial charge >= 0.3 is 0 Å². The number of aromatic hydroxyl groups is 1. The number of benzene rings is 2. The third-order valence-corrected chi connectivity index (χ3v) is 8.99. The van der Waals surface area contributed by atoms with E-state index in [9.17, 15) is 14.7 Å². The number of para-hydroxylation sites is 1. The van der Waals surface area contributed by atoms with Crippen LogP contribution in [0.25, 0.3) is 6.08 Å². The van der Waals surface area contributed by atoms with Crippen molar-refractivity contribution < 1.29 is 28.9 Å². The number of phenols is 1. The van der Waals surface area contributed by atoms with Gasteiger partial charge in [-0.1, -0.05) is 36.8 Å². The lowest BCUT2D eigenvalue weighted by atomic mass is 9.69. The molecule has 0 bridgehead atoms. The molecular formula is C31H34INO6. The molecule has 39 heavy (non-hydrogen) atoms. The third kappa shape index (κ3) is 5.26. The van der Waals surface area contributed by atoms with Crippen LogP contribution < -0.4 is 9.64 Å². The van der Waals surface area contributed by atoms with E-state index in [1.165, 1.54) is 10.5 Å². The second-order valence-corrected chi connectivity index (χ2v) is 11.5. The molecule has 2 aromatic carbocycles. The van der Waals surface area contributed by atoms with Crippen LogP contribution in [-0.4, -0.2) is 50.5 Å². The summed E-state index contributed by atoms with van der Waals surface area (Å²) in [5, 5.41) is 10.2. The zero-order valence-electron chi connectivity index (χ0n) is 22.5. The van der Waals surface area contributed by atoms with E-state index in [0.717, 1.165) is 39.5 Å². The normalized spacial score (nSPS) is 24.8. The van der Waals surface area contributed by atoms with E-state index in [-0.39, 0.29) is 35.5 Å². The van der Waals surface area contributed by atoms with Crippen LogP contribution in [0, 0.1) is 21.3 Å². The second-order valence-electron chi connectivity index (χ2n) is 10.4. The Labute approximate surface area is 243 Å². The van der Waals surface area contributed by atoms with Crippen LogP contribution in [-0.2, 0) is 19.1 Å². The topological polar surface area (TPSA) is 85.3 Å². The lowest BCUT2D eigenvalue weighted by Gasteiger charge is -2.31. The number of methoxy groups -OCH3 is 2. The Morgan fingerprint density at radius 1 is 1.15 bits per heavy atom. The first-order chi connectivity index (χ1) is 18.9. The number of nitrogens with zero attached hydrogens (tertiary/aromatic N) is 1. The number of hydrogen-bond acceptors (Lipinski definition) is 6. The minimum atomic E-state index is -0.397. The fourth-order valence-corrected chi connectivity index (χ4v) is 6.97. The highest BCUT2D eigenvalue weighted by atomic mass is 127. The van der Waals surface area contributed by atoms with Gasteiger partial charge in [0, 0.05) is 13.0 Å². The number of fused-ring (bicyclic) bond motifs is 3. The fraction of sp³-hybridized carbons (Fsp3) is 0.419. The summed E-state index contributed by atoms with van der Waals surface area (Å²) >= 11 is 2.11. The molecule has 2 saturated heterocycles. The summed E-state index contributed by atoms with van der Waals surface area (Å²) in [6, 6.07) is 13.0. The summed E-state index contributed by atoms with van der Waals surface area (Å²) in [7, 11) is 3.22. The van der Waals surface area contributed by atoms with Crippen molar-refractivity contribution in [1.29, 1.82) is 0 Å². The smallest absolute Gasteiger partial charge is 0.238 e. The minimum Gasteiger partial charge on any atom is -0.504 e. The Bertz CT molecular complexity index is 1320. The molecule has 2 aliphatic heterocycles. The predicted molar refractivity (Wildman–Crippen MR) is 158 cm³/mol. The van der Waals surface area contributed by atoms with Gasteiger partial charge in [0.15, 0.2) is 11.5 Å². The van der Waals surface area contributed by atoms with E-state index >= 15 is 0 Å². The lowest BCUT2D eigenvalue weighted by molar-refractivity contribution is -0.122. The highest BCUT2D eigenvalue weighted by molar-refractivity contribution is 14.1. The SMILES string of the molecule is CC/C(=C\c1cc(I)c(O)c(OC)c1)CC[C@H]1OC[C@H]2C1=C(COC)C[C@H]1C(=O)N(c3ccccc3)C(=O)[C@H]12. The first kappa shape index (κ1) is 27.9. The van der Waals surface area contributed by atoms with Crippen molar-refractivity contribution in [2.24, 2.45) is 17.8 Å². The Morgan fingerprint density at radius 2 is 1.92 bits per heavy atom. The Balaban J connectivity index is 1.38. The van der Waals surface area contributed by atoms with Gasteiger partial charge in [0.1, 0.15) is 0 Å². The van der Waals surface area contributed by atoms with Crippen LogP contribution in [0.2, 0.25) is 0 Å². The molecular weight excluding hydrogens is 609 g/mol. The Morgan fingerprint density at radius 3 is 2.62 bits per heavy atom. The maximum atomic E-state index is 13.6. The van der Waals surface area contributed by atoms with Crippen molar-refractivity contribution in [1.82, 2.24) is 0 Å². The average Bonchev–Trinajstić information content (AvgIpc) is 3.47. The van der Waals surface area contributed by atoms with Gasteiger partial charge in [-0.25, -0.2) is 0 Å². The average molecular weight is 644 g/mol. The van der Waals surface area contributed by atoms with Crippen LogP contribution in [0.4, 0.5) is 5.69 Å². The maximum Gasteiger partial charge on any atom is 0.238 e. The van der Waals surface area contributed by atoms with Gasteiger partial charge < -0.3 is 19.3 Å². The molecule has 206 valence electrons. The van der Waals surface area contributed by atoms with Gasteiger partial charge in [0.25, 0.3) is 0 Å². The molecule has 0 aromatic heterocycles. The fourth-order valence-electron chi connectivity index (χ4n) is 6.35. The van der Waals surface area contributed by atoms with Crippen molar-refractivity contribution in [3.05, 3.63) is 68.3 Å². The van der Waals surface area contributed by atoms with E-state index in [4.69, 9.17) is 14.2 Å². The van der Waals surface area contributed by atoms with Crippen LogP contribution in [0.1, 0.15) is 38.2 Å². The number of hydrogen-bond donors (Lipinski definition) is 1. The second kappa shape index (κ2) is 11.8. The van der Waals surface area contributed by atoms with Crippen molar-refractivity contribution in [3.63, 3.8) is 0 Å². The number of carbonyl (C=O) groups is 2. The summed E-state index contributed by atoms with van der Waals surface area (Å²) in [5.74, 6) is -0.523. The number of anilines is 1. The molecule has 2 aromatic rings. The molecule has 4 atom stereocenters. The molecule has 2 heterocycles. The van der Waals surface area contributed by atoms with Crippen LogP contribution in [0.15, 0.2) is 59.2 Å². The number of halogens is 1. The predicted octanol–water partition coefficient (Wildman–Crippen LogP) is 5.75. The Kier molecular flexibility index (Phi) is 8.44. The minimum absolute atomic E-state index is 0.110. The van der Waals surface area contributed by atoms with Crippen LogP contribution in [0.3, 0.4) is 0 Å². The molecule has 3 aliphatic rings. The van der Waals surface area contributed by atoms with E-state index in [1.807, 2.05) is 42.5 Å². The summed E-state index contributed by atoms with van der Waals surface area (Å²) in [4.78, 5) is 28.5. The number of carbonyl (C=O) groups excluding carboxylic acids is 2. The molecule has 0 unspecified atom stereocenters. The van der Waals surface area contributed by atoms with Gasteiger partial charge in [0.05, 0.1) is 47.5 Å². The summed E-state index contributed by atoms with van der Waals surface area (Å²) < 4.78 is 18.0. The zero-order valence-corrected chi connectivity index (χ0v) is 24.6. The third-order valence-electron chi connectivity index (χ3n) is 8.16. The van der Waals surface area contributed by atoms with Gasteiger partial charge in [-0.3, -0.25) is 14.5 Å². The Hall–Kier alpha value is -2.69. The number of rotatable bonds is 9. The van der Waals surface area contributed by atoms with Crippen molar-refractivity contribution in [3.8, 4) is 11.5 Å². The quantitative estimate of drug-likeness (QED) is 0.213. The molecule has 2 fully saturated rings. The number of ether oxygens (including phenoxy) is 3. The molecule has 1 aliphatic carbocycles. The first-order valence-corrected chi connectivity index (χ1v) is 14.5. The molecule has 8 heteroatoms. The number of phenolic OH excluding ortho intramolecular Hbond substituents is 1. The monoisotopic (exact) mass is 643 g/mol. The van der Waals surface area contributed by atoms with E-state index in [1.54, 1.807) is 14.2 Å².